The van der Waals surface area contributed by atoms with E-state index in [-0.39, 0.29) is 18.0 Å². The van der Waals surface area contributed by atoms with E-state index >= 15 is 0 Å². The van der Waals surface area contributed by atoms with Gasteiger partial charge in [0.05, 0.1) is 6.10 Å². The molecule has 2 fully saturated rings. The zero-order valence-corrected chi connectivity index (χ0v) is 28.8. The number of hydrogen-bond acceptors (Lipinski definition) is 10. The van der Waals surface area contributed by atoms with Crippen molar-refractivity contribution in [2.45, 2.75) is 82.9 Å². The van der Waals surface area contributed by atoms with E-state index in [1.165, 1.54) is 20.1 Å². The average Bonchev–Trinajstić information content (AvgIpc) is 3.70. The molecule has 12 atom stereocenters. The molecule has 2 aliphatic carbocycles. The highest BCUT2D eigenvalue weighted by Gasteiger charge is 2.69. The van der Waals surface area contributed by atoms with E-state index in [2.05, 4.69) is 10.3 Å². The molecule has 1 spiro atoms. The van der Waals surface area contributed by atoms with Gasteiger partial charge in [0.2, 0.25) is 0 Å². The van der Waals surface area contributed by atoms with Gasteiger partial charge in [-0.1, -0.05) is 38.1 Å². The van der Waals surface area contributed by atoms with Crippen molar-refractivity contribution >= 4 is 23.8 Å². The topological polar surface area (TPSA) is 162 Å². The van der Waals surface area contributed by atoms with Gasteiger partial charge in [0.1, 0.15) is 47.3 Å². The minimum Gasteiger partial charge on any atom is -0.456 e. The minimum atomic E-state index is -1.34. The monoisotopic (exact) mass is 712 g/mol. The highest BCUT2D eigenvalue weighted by Crippen LogP contribution is 2.61. The minimum absolute atomic E-state index is 0.116. The smallest absolute Gasteiger partial charge is 0.397 e. The Bertz CT molecular complexity index is 1710. The quantitative estimate of drug-likeness (QED) is 0.168. The molecular formula is C37H42F2N2O10. The Morgan fingerprint density at radius 2 is 1.86 bits per heavy atom. The van der Waals surface area contributed by atoms with Crippen LogP contribution in [0.3, 0.4) is 0 Å². The molecule has 6 rings (SSSR count). The summed E-state index contributed by atoms with van der Waals surface area (Å²) in [6.45, 7) is 6.30. The summed E-state index contributed by atoms with van der Waals surface area (Å²) in [5, 5.41) is 14.1. The van der Waals surface area contributed by atoms with Crippen LogP contribution in [0, 0.1) is 41.2 Å². The Hall–Kier alpha value is -4.40. The van der Waals surface area contributed by atoms with Gasteiger partial charge < -0.3 is 39.1 Å². The first-order valence-electron chi connectivity index (χ1n) is 17.0. The van der Waals surface area contributed by atoms with Crippen molar-refractivity contribution in [1.82, 2.24) is 10.3 Å². The van der Waals surface area contributed by atoms with Crippen LogP contribution in [0.15, 0.2) is 60.3 Å². The number of esters is 3. The number of H-pyrrole nitrogens is 1. The number of methoxy groups -OCH3 is 1. The summed E-state index contributed by atoms with van der Waals surface area (Å²) in [5.74, 6) is -7.99. The zero-order chi connectivity index (χ0) is 36.8. The number of hydrogen-bond donors (Lipinski definition) is 3. The second kappa shape index (κ2) is 14.3. The molecule has 1 saturated carbocycles. The number of aromatic amines is 1. The van der Waals surface area contributed by atoms with Crippen LogP contribution in [0.1, 0.15) is 50.2 Å². The third-order valence-corrected chi connectivity index (χ3v) is 10.9. The molecule has 12 nitrogen and oxygen atoms in total. The van der Waals surface area contributed by atoms with Crippen LogP contribution in [0.25, 0.3) is 0 Å². The number of cyclic esters (lactones) is 1. The number of aliphatic hydroxyl groups is 1. The number of benzene rings is 1. The van der Waals surface area contributed by atoms with Crippen molar-refractivity contribution in [3.05, 3.63) is 83.2 Å². The van der Waals surface area contributed by atoms with Crippen LogP contribution in [0.2, 0.25) is 0 Å². The molecule has 1 saturated heterocycles. The summed E-state index contributed by atoms with van der Waals surface area (Å²) in [4.78, 5) is 54.9. The summed E-state index contributed by atoms with van der Waals surface area (Å²) in [5.41, 5.74) is -0.548. The number of carbonyl (C=O) groups excluding carboxylic acids is 4. The molecule has 2 unspecified atom stereocenters. The predicted molar refractivity (Wildman–Crippen MR) is 174 cm³/mol. The lowest BCUT2D eigenvalue weighted by atomic mass is 9.57. The van der Waals surface area contributed by atoms with Crippen LogP contribution in [0.4, 0.5) is 8.78 Å². The molecule has 3 N–H and O–H groups in total. The molecule has 1 amide bonds. The largest absolute Gasteiger partial charge is 0.456 e. The van der Waals surface area contributed by atoms with E-state index in [0.29, 0.717) is 0 Å². The van der Waals surface area contributed by atoms with Crippen LogP contribution in [-0.2, 0) is 44.6 Å². The molecule has 1 aromatic heterocycles. The summed E-state index contributed by atoms with van der Waals surface area (Å²) in [7, 11) is 1.37. The van der Waals surface area contributed by atoms with Crippen LogP contribution in [0.5, 0.6) is 0 Å². The Morgan fingerprint density at radius 3 is 2.53 bits per heavy atom. The Balaban J connectivity index is 1.26. The van der Waals surface area contributed by atoms with Crippen molar-refractivity contribution < 1.29 is 56.7 Å². The van der Waals surface area contributed by atoms with Crippen molar-refractivity contribution in [2.75, 3.05) is 7.11 Å². The fourth-order valence-electron chi connectivity index (χ4n) is 8.36. The molecule has 1 aromatic carbocycles. The van der Waals surface area contributed by atoms with Gasteiger partial charge in [0.15, 0.2) is 6.10 Å². The first-order chi connectivity index (χ1) is 24.3. The number of rotatable bonds is 7. The zero-order valence-electron chi connectivity index (χ0n) is 28.8. The van der Waals surface area contributed by atoms with Crippen molar-refractivity contribution in [2.24, 2.45) is 29.6 Å². The van der Waals surface area contributed by atoms with E-state index in [9.17, 15) is 33.1 Å². The fraction of sp³-hybridized carbons (Fsp3) is 0.514. The van der Waals surface area contributed by atoms with Gasteiger partial charge in [0, 0.05) is 55.0 Å². The maximum absolute atomic E-state index is 14.0. The lowest BCUT2D eigenvalue weighted by Crippen LogP contribution is -2.57. The van der Waals surface area contributed by atoms with Gasteiger partial charge in [-0.2, -0.15) is 0 Å². The van der Waals surface area contributed by atoms with Gasteiger partial charge in [0.25, 0.3) is 0 Å². The third kappa shape index (κ3) is 6.49. The van der Waals surface area contributed by atoms with E-state index in [4.69, 9.17) is 23.7 Å². The molecule has 14 heteroatoms. The second-order valence-electron chi connectivity index (χ2n) is 13.8. The number of ether oxygens (including phenoxy) is 5. The number of aliphatic hydroxyl groups excluding tert-OH is 1. The number of halogens is 2. The van der Waals surface area contributed by atoms with Gasteiger partial charge in [-0.15, -0.1) is 0 Å². The molecule has 51 heavy (non-hydrogen) atoms. The lowest BCUT2D eigenvalue weighted by Gasteiger charge is -2.48. The number of carbonyl (C=O) groups is 4. The predicted octanol–water partition coefficient (Wildman–Crippen LogP) is 3.55. The standard InChI is InChI=1S/C37H42F2N2O10/c1-17-14-18(2)37-21(11-12-22-28(37)29(42)19(3)31(32(22)51-37)50-34(44)26-10-7-13-40-26)15-27(47-5)35(45)49-30(17)20(4)48-36(46)33(43)41-16-23-24(38)8-6-9-25(23)39/h6-14,17,19-22,27-32,40,42H,15-16H2,1-5H3,(H,41,43)/b18-14+/t17-,19-,20-,21-,22?,27+,28?,29-,30+,31-,32-,37+/m1/s1. The highest BCUT2D eigenvalue weighted by atomic mass is 19.1. The number of amides is 1. The highest BCUT2D eigenvalue weighted by molar-refractivity contribution is 6.32. The molecule has 4 bridgehead atoms. The Kier molecular flexibility index (Phi) is 10.2. The van der Waals surface area contributed by atoms with Gasteiger partial charge in [-0.25, -0.2) is 23.2 Å². The van der Waals surface area contributed by atoms with Crippen molar-refractivity contribution in [1.29, 1.82) is 0 Å². The van der Waals surface area contributed by atoms with Gasteiger partial charge in [-0.05, 0) is 50.1 Å². The maximum Gasteiger partial charge on any atom is 0.397 e. The molecule has 3 heterocycles. The number of nitrogens with one attached hydrogen (secondary N) is 2. The first kappa shape index (κ1) is 36.4. The van der Waals surface area contributed by atoms with E-state index in [1.807, 2.05) is 32.1 Å². The van der Waals surface area contributed by atoms with Crippen molar-refractivity contribution in [3.63, 3.8) is 0 Å². The summed E-state index contributed by atoms with van der Waals surface area (Å²) >= 11 is 0. The molecule has 0 radical (unpaired) electrons. The fourth-order valence-corrected chi connectivity index (χ4v) is 8.36. The van der Waals surface area contributed by atoms with Gasteiger partial charge in [-0.3, -0.25) is 4.79 Å². The molecular weight excluding hydrogens is 670 g/mol. The normalized spacial score (nSPS) is 35.8. The molecule has 4 aliphatic rings. The number of aromatic nitrogens is 1. The SMILES string of the molecule is CO[C@H]1C[C@H]2C=CC3C4[C@H](O)[C@@H](C)[C@@H](OC(=O)c5ccc[nH]5)[C@@H]3O[C@]42/C(C)=C/[C@@H](C)[C@@H]([C@@H](C)OC(=O)C(=O)NCc2c(F)cccc2F)OC1=O. The molecule has 274 valence electrons. The molecule has 2 aliphatic heterocycles. The summed E-state index contributed by atoms with van der Waals surface area (Å²) < 4.78 is 58.0. The van der Waals surface area contributed by atoms with E-state index in [1.54, 1.807) is 25.3 Å². The Labute approximate surface area is 293 Å². The first-order valence-corrected chi connectivity index (χ1v) is 17.0. The summed E-state index contributed by atoms with van der Waals surface area (Å²) in [6.07, 6.45) is 1.82. The summed E-state index contributed by atoms with van der Waals surface area (Å²) in [6, 6.07) is 6.51. The molecule has 2 aromatic rings. The van der Waals surface area contributed by atoms with Gasteiger partial charge >= 0.3 is 23.8 Å². The second-order valence-corrected chi connectivity index (χ2v) is 13.8. The maximum atomic E-state index is 14.0. The van der Waals surface area contributed by atoms with E-state index in [0.717, 1.165) is 17.7 Å². The van der Waals surface area contributed by atoms with Crippen molar-refractivity contribution in [3.8, 4) is 0 Å². The Morgan fingerprint density at radius 1 is 1.14 bits per heavy atom. The van der Waals surface area contributed by atoms with Crippen LogP contribution < -0.4 is 5.32 Å². The average molecular weight is 713 g/mol. The van der Waals surface area contributed by atoms with E-state index < -0.39 is 113 Å². The third-order valence-electron chi connectivity index (χ3n) is 10.9. The van der Waals surface area contributed by atoms with Crippen LogP contribution in [-0.4, -0.2) is 83.2 Å². The van der Waals surface area contributed by atoms with Crippen LogP contribution >= 0.6 is 0 Å². The lowest BCUT2D eigenvalue weighted by molar-refractivity contribution is -0.180.